The van der Waals surface area contributed by atoms with Crippen LogP contribution >= 0.6 is 0 Å². The van der Waals surface area contributed by atoms with Crippen molar-refractivity contribution in [3.63, 3.8) is 0 Å². The quantitative estimate of drug-likeness (QED) is 0.890. The SMILES string of the molecule is COc1cc(CN2CCCC2(C)C)ccc1CN. The lowest BCUT2D eigenvalue weighted by Gasteiger charge is -2.31. The third-order valence-electron chi connectivity index (χ3n) is 4.02. The molecule has 1 aliphatic rings. The van der Waals surface area contributed by atoms with Crippen LogP contribution in [-0.2, 0) is 13.1 Å². The summed E-state index contributed by atoms with van der Waals surface area (Å²) in [4.78, 5) is 2.55. The summed E-state index contributed by atoms with van der Waals surface area (Å²) < 4.78 is 5.39. The molecule has 1 aromatic carbocycles. The fourth-order valence-electron chi connectivity index (χ4n) is 2.73. The van der Waals surface area contributed by atoms with Gasteiger partial charge in [0.2, 0.25) is 0 Å². The Bertz CT molecular complexity index is 415. The molecule has 1 saturated heterocycles. The average molecular weight is 248 g/mol. The van der Waals surface area contributed by atoms with Crippen molar-refractivity contribution in [2.75, 3.05) is 13.7 Å². The van der Waals surface area contributed by atoms with Gasteiger partial charge in [0.1, 0.15) is 5.75 Å². The van der Waals surface area contributed by atoms with Crippen molar-refractivity contribution in [1.82, 2.24) is 4.90 Å². The molecule has 3 heteroatoms. The van der Waals surface area contributed by atoms with E-state index >= 15 is 0 Å². The normalized spacial score (nSPS) is 19.1. The Morgan fingerprint density at radius 3 is 2.72 bits per heavy atom. The highest BCUT2D eigenvalue weighted by Gasteiger charge is 2.31. The number of nitrogens with two attached hydrogens (primary N) is 1. The van der Waals surface area contributed by atoms with Gasteiger partial charge >= 0.3 is 0 Å². The van der Waals surface area contributed by atoms with Crippen molar-refractivity contribution in [1.29, 1.82) is 0 Å². The van der Waals surface area contributed by atoms with E-state index < -0.39 is 0 Å². The first kappa shape index (κ1) is 13.4. The first-order chi connectivity index (χ1) is 8.56. The van der Waals surface area contributed by atoms with E-state index in [1.165, 1.54) is 24.9 Å². The zero-order chi connectivity index (χ0) is 13.2. The summed E-state index contributed by atoms with van der Waals surface area (Å²) in [5, 5.41) is 0. The van der Waals surface area contributed by atoms with Crippen LogP contribution in [0.2, 0.25) is 0 Å². The summed E-state index contributed by atoms with van der Waals surface area (Å²) in [6.07, 6.45) is 2.58. The molecular formula is C15H24N2O. The molecule has 2 N–H and O–H groups in total. The zero-order valence-electron chi connectivity index (χ0n) is 11.7. The molecule has 100 valence electrons. The second-order valence-corrected chi connectivity index (χ2v) is 5.69. The van der Waals surface area contributed by atoms with Crippen LogP contribution in [0.3, 0.4) is 0 Å². The Hall–Kier alpha value is -1.06. The van der Waals surface area contributed by atoms with E-state index in [0.717, 1.165) is 17.9 Å². The second kappa shape index (κ2) is 5.29. The molecule has 18 heavy (non-hydrogen) atoms. The van der Waals surface area contributed by atoms with Crippen LogP contribution in [0.1, 0.15) is 37.8 Å². The van der Waals surface area contributed by atoms with Crippen LogP contribution in [0, 0.1) is 0 Å². The molecule has 3 nitrogen and oxygen atoms in total. The average Bonchev–Trinajstić information content (AvgIpc) is 2.68. The molecule has 0 bridgehead atoms. The van der Waals surface area contributed by atoms with Crippen molar-refractivity contribution < 1.29 is 4.74 Å². The number of benzene rings is 1. The van der Waals surface area contributed by atoms with E-state index in [-0.39, 0.29) is 0 Å². The van der Waals surface area contributed by atoms with Crippen molar-refractivity contribution >= 4 is 0 Å². The Balaban J connectivity index is 2.15. The number of hydrogen-bond donors (Lipinski definition) is 1. The largest absolute Gasteiger partial charge is 0.496 e. The van der Waals surface area contributed by atoms with E-state index in [9.17, 15) is 0 Å². The molecule has 0 aliphatic carbocycles. The number of nitrogens with zero attached hydrogens (tertiary/aromatic N) is 1. The Morgan fingerprint density at radius 1 is 1.39 bits per heavy atom. The fraction of sp³-hybridized carbons (Fsp3) is 0.600. The predicted octanol–water partition coefficient (Wildman–Crippen LogP) is 2.53. The summed E-state index contributed by atoms with van der Waals surface area (Å²) in [5.41, 5.74) is 8.39. The number of methoxy groups -OCH3 is 1. The molecular weight excluding hydrogens is 224 g/mol. The van der Waals surface area contributed by atoms with Gasteiger partial charge in [0.15, 0.2) is 0 Å². The molecule has 2 rings (SSSR count). The van der Waals surface area contributed by atoms with Crippen molar-refractivity contribution in [2.45, 2.75) is 45.3 Å². The summed E-state index contributed by atoms with van der Waals surface area (Å²) in [5.74, 6) is 0.909. The minimum Gasteiger partial charge on any atom is -0.496 e. The lowest BCUT2D eigenvalue weighted by atomic mass is 10.0. The third-order valence-corrected chi connectivity index (χ3v) is 4.02. The summed E-state index contributed by atoms with van der Waals surface area (Å²) in [7, 11) is 1.71. The van der Waals surface area contributed by atoms with Crippen molar-refractivity contribution in [3.8, 4) is 5.75 Å². The van der Waals surface area contributed by atoms with Gasteiger partial charge in [-0.2, -0.15) is 0 Å². The Kier molecular flexibility index (Phi) is 3.93. The minimum absolute atomic E-state index is 0.319. The molecule has 1 fully saturated rings. The standard InChI is InChI=1S/C15H24N2O/c1-15(2)7-4-8-17(15)11-12-5-6-13(10-16)14(9-12)18-3/h5-6,9H,4,7-8,10-11,16H2,1-3H3. The second-order valence-electron chi connectivity index (χ2n) is 5.69. The van der Waals surface area contributed by atoms with Gasteiger partial charge in [-0.05, 0) is 44.9 Å². The molecule has 0 amide bonds. The summed E-state index contributed by atoms with van der Waals surface area (Å²) in [6.45, 7) is 7.36. The zero-order valence-corrected chi connectivity index (χ0v) is 11.7. The summed E-state index contributed by atoms with van der Waals surface area (Å²) in [6, 6.07) is 6.37. The lowest BCUT2D eigenvalue weighted by Crippen LogP contribution is -2.37. The highest BCUT2D eigenvalue weighted by molar-refractivity contribution is 5.37. The van der Waals surface area contributed by atoms with E-state index in [1.807, 2.05) is 0 Å². The van der Waals surface area contributed by atoms with Gasteiger partial charge in [0.05, 0.1) is 7.11 Å². The van der Waals surface area contributed by atoms with Gasteiger partial charge in [0, 0.05) is 24.2 Å². The number of hydrogen-bond acceptors (Lipinski definition) is 3. The fourth-order valence-corrected chi connectivity index (χ4v) is 2.73. The monoisotopic (exact) mass is 248 g/mol. The van der Waals surface area contributed by atoms with Crippen LogP contribution in [-0.4, -0.2) is 24.1 Å². The summed E-state index contributed by atoms with van der Waals surface area (Å²) >= 11 is 0. The lowest BCUT2D eigenvalue weighted by molar-refractivity contribution is 0.166. The first-order valence-corrected chi connectivity index (χ1v) is 6.68. The molecule has 1 aliphatic heterocycles. The third kappa shape index (κ3) is 2.68. The van der Waals surface area contributed by atoms with E-state index in [4.69, 9.17) is 10.5 Å². The van der Waals surface area contributed by atoms with E-state index in [1.54, 1.807) is 7.11 Å². The van der Waals surface area contributed by atoms with Crippen molar-refractivity contribution in [3.05, 3.63) is 29.3 Å². The molecule has 0 atom stereocenters. The Morgan fingerprint density at radius 2 is 2.17 bits per heavy atom. The van der Waals surface area contributed by atoms with E-state index in [0.29, 0.717) is 12.1 Å². The topological polar surface area (TPSA) is 38.5 Å². The van der Waals surface area contributed by atoms with Gasteiger partial charge in [-0.15, -0.1) is 0 Å². The molecule has 0 spiro atoms. The molecule has 1 heterocycles. The van der Waals surface area contributed by atoms with Crippen LogP contribution in [0.4, 0.5) is 0 Å². The predicted molar refractivity (Wildman–Crippen MR) is 74.6 cm³/mol. The highest BCUT2D eigenvalue weighted by atomic mass is 16.5. The Labute approximate surface area is 110 Å². The van der Waals surface area contributed by atoms with Gasteiger partial charge in [-0.3, -0.25) is 4.90 Å². The molecule has 0 aromatic heterocycles. The molecule has 0 radical (unpaired) electrons. The molecule has 0 unspecified atom stereocenters. The van der Waals surface area contributed by atoms with E-state index in [2.05, 4.69) is 36.9 Å². The maximum Gasteiger partial charge on any atom is 0.123 e. The van der Waals surface area contributed by atoms with Crippen molar-refractivity contribution in [2.24, 2.45) is 5.73 Å². The highest BCUT2D eigenvalue weighted by Crippen LogP contribution is 2.30. The van der Waals surface area contributed by atoms with Gasteiger partial charge in [-0.25, -0.2) is 0 Å². The smallest absolute Gasteiger partial charge is 0.123 e. The molecule has 0 saturated carbocycles. The van der Waals surface area contributed by atoms with Gasteiger partial charge < -0.3 is 10.5 Å². The maximum atomic E-state index is 5.69. The number of ether oxygens (including phenoxy) is 1. The van der Waals surface area contributed by atoms with Crippen LogP contribution in [0.15, 0.2) is 18.2 Å². The number of rotatable bonds is 4. The van der Waals surface area contributed by atoms with Crippen LogP contribution < -0.4 is 10.5 Å². The van der Waals surface area contributed by atoms with Gasteiger partial charge in [0.25, 0.3) is 0 Å². The van der Waals surface area contributed by atoms with Crippen LogP contribution in [0.5, 0.6) is 5.75 Å². The first-order valence-electron chi connectivity index (χ1n) is 6.68. The number of likely N-dealkylation sites (tertiary alicyclic amines) is 1. The molecule has 1 aromatic rings. The van der Waals surface area contributed by atoms with Crippen LogP contribution in [0.25, 0.3) is 0 Å². The maximum absolute atomic E-state index is 5.69. The van der Waals surface area contributed by atoms with Gasteiger partial charge in [-0.1, -0.05) is 12.1 Å². The minimum atomic E-state index is 0.319.